The molecule has 21 heavy (non-hydrogen) atoms. The molecule has 2 unspecified atom stereocenters. The van der Waals surface area contributed by atoms with Crippen LogP contribution >= 0.6 is 11.3 Å². The van der Waals surface area contributed by atoms with Crippen LogP contribution in [0.25, 0.3) is 20.7 Å². The van der Waals surface area contributed by atoms with Gasteiger partial charge in [0.05, 0.1) is 0 Å². The fourth-order valence-corrected chi connectivity index (χ4v) is 5.08. The smallest absolute Gasteiger partial charge is 0.192 e. The van der Waals surface area contributed by atoms with Gasteiger partial charge < -0.3 is 0 Å². The number of hydrogen-bond acceptors (Lipinski definition) is 1. The first-order valence-corrected chi connectivity index (χ1v) is 8.51. The molecule has 2 aromatic heterocycles. The SMILES string of the molecule is CCC1(C)C(C)c2c(sc3ccccc23)-c2cccc[n+]21. The monoisotopic (exact) mass is 294 g/mol. The molecule has 0 radical (unpaired) electrons. The van der Waals surface area contributed by atoms with Gasteiger partial charge in [-0.05, 0) is 23.1 Å². The number of benzene rings is 1. The van der Waals surface area contributed by atoms with E-state index < -0.39 is 0 Å². The molecule has 1 nitrogen and oxygen atoms in total. The van der Waals surface area contributed by atoms with E-state index in [1.807, 2.05) is 11.3 Å². The molecule has 1 aliphatic heterocycles. The summed E-state index contributed by atoms with van der Waals surface area (Å²) in [6.45, 7) is 7.10. The van der Waals surface area contributed by atoms with Crippen molar-refractivity contribution in [2.45, 2.75) is 38.6 Å². The first kappa shape index (κ1) is 13.0. The molecule has 0 fully saturated rings. The van der Waals surface area contributed by atoms with E-state index in [-0.39, 0.29) is 5.54 Å². The summed E-state index contributed by atoms with van der Waals surface area (Å²) < 4.78 is 3.90. The van der Waals surface area contributed by atoms with Crippen LogP contribution in [0.15, 0.2) is 48.7 Å². The highest BCUT2D eigenvalue weighted by molar-refractivity contribution is 7.22. The minimum absolute atomic E-state index is 0.146. The molecule has 4 rings (SSSR count). The summed E-state index contributed by atoms with van der Waals surface area (Å²) in [6, 6.07) is 15.4. The van der Waals surface area contributed by atoms with Crippen molar-refractivity contribution in [3.8, 4) is 10.6 Å². The Balaban J connectivity index is 2.14. The Morgan fingerprint density at radius 2 is 1.90 bits per heavy atom. The molecule has 2 heteroatoms. The Bertz CT molecular complexity index is 832. The zero-order chi connectivity index (χ0) is 14.6. The standard InChI is InChI=1S/C19H20NS/c1-4-19(3)13(2)17-14-9-5-6-11-16(14)21-18(17)15-10-7-8-12-20(15)19/h5-13H,4H2,1-3H3/q+1. The Labute approximate surface area is 129 Å². The largest absolute Gasteiger partial charge is 0.223 e. The van der Waals surface area contributed by atoms with Gasteiger partial charge in [0.2, 0.25) is 5.69 Å². The van der Waals surface area contributed by atoms with Crippen LogP contribution in [0.5, 0.6) is 0 Å². The van der Waals surface area contributed by atoms with Gasteiger partial charge in [-0.25, -0.2) is 0 Å². The summed E-state index contributed by atoms with van der Waals surface area (Å²) in [7, 11) is 0. The maximum atomic E-state index is 2.50. The van der Waals surface area contributed by atoms with Gasteiger partial charge in [0, 0.05) is 36.1 Å². The maximum Gasteiger partial charge on any atom is 0.223 e. The van der Waals surface area contributed by atoms with Crippen molar-refractivity contribution >= 4 is 21.4 Å². The van der Waals surface area contributed by atoms with Crippen molar-refractivity contribution in [2.75, 3.05) is 0 Å². The van der Waals surface area contributed by atoms with Crippen LogP contribution in [0.3, 0.4) is 0 Å². The summed E-state index contributed by atoms with van der Waals surface area (Å²) >= 11 is 1.94. The third-order valence-corrected chi connectivity index (χ3v) is 6.57. The minimum atomic E-state index is 0.146. The van der Waals surface area contributed by atoms with Crippen LogP contribution in [0.4, 0.5) is 0 Å². The molecule has 2 atom stereocenters. The van der Waals surface area contributed by atoms with E-state index in [4.69, 9.17) is 0 Å². The van der Waals surface area contributed by atoms with Gasteiger partial charge in [0.25, 0.3) is 0 Å². The Kier molecular flexibility index (Phi) is 2.74. The van der Waals surface area contributed by atoms with Gasteiger partial charge in [-0.15, -0.1) is 11.3 Å². The molecule has 0 saturated carbocycles. The van der Waals surface area contributed by atoms with Gasteiger partial charge in [-0.1, -0.05) is 32.0 Å². The molecule has 3 aromatic rings. The molecule has 0 aliphatic carbocycles. The van der Waals surface area contributed by atoms with Crippen molar-refractivity contribution in [2.24, 2.45) is 0 Å². The summed E-state index contributed by atoms with van der Waals surface area (Å²) in [5.74, 6) is 0.522. The van der Waals surface area contributed by atoms with Crippen molar-refractivity contribution in [3.63, 3.8) is 0 Å². The second-order valence-corrected chi connectivity index (χ2v) is 7.28. The Morgan fingerprint density at radius 1 is 1.14 bits per heavy atom. The lowest BCUT2D eigenvalue weighted by Crippen LogP contribution is -2.59. The van der Waals surface area contributed by atoms with E-state index in [0.717, 1.165) is 6.42 Å². The lowest BCUT2D eigenvalue weighted by molar-refractivity contribution is -0.757. The number of pyridine rings is 1. The predicted molar refractivity (Wildman–Crippen MR) is 89.8 cm³/mol. The van der Waals surface area contributed by atoms with Crippen molar-refractivity contribution in [1.82, 2.24) is 0 Å². The van der Waals surface area contributed by atoms with E-state index >= 15 is 0 Å². The summed E-state index contributed by atoms with van der Waals surface area (Å²) in [4.78, 5) is 1.45. The lowest BCUT2D eigenvalue weighted by atomic mass is 9.75. The Morgan fingerprint density at radius 3 is 2.71 bits per heavy atom. The predicted octanol–water partition coefficient (Wildman–Crippen LogP) is 5.10. The fraction of sp³-hybridized carbons (Fsp3) is 0.316. The molecular weight excluding hydrogens is 274 g/mol. The van der Waals surface area contributed by atoms with Gasteiger partial charge in [-0.3, -0.25) is 0 Å². The van der Waals surface area contributed by atoms with Crippen LogP contribution in [0, 0.1) is 0 Å². The third kappa shape index (κ3) is 1.60. The van der Waals surface area contributed by atoms with Gasteiger partial charge in [0.1, 0.15) is 4.88 Å². The van der Waals surface area contributed by atoms with Crippen LogP contribution in [0.1, 0.15) is 38.7 Å². The minimum Gasteiger partial charge on any atom is -0.192 e. The van der Waals surface area contributed by atoms with E-state index in [1.165, 1.54) is 20.7 Å². The molecule has 0 spiro atoms. The maximum absolute atomic E-state index is 2.50. The lowest BCUT2D eigenvalue weighted by Gasteiger charge is -2.34. The topological polar surface area (TPSA) is 3.88 Å². The summed E-state index contributed by atoms with van der Waals surface area (Å²) in [5, 5.41) is 1.44. The molecule has 106 valence electrons. The molecule has 0 saturated heterocycles. The zero-order valence-electron chi connectivity index (χ0n) is 12.8. The van der Waals surface area contributed by atoms with Crippen LogP contribution < -0.4 is 4.57 Å². The van der Waals surface area contributed by atoms with Crippen LogP contribution in [-0.2, 0) is 5.54 Å². The first-order chi connectivity index (χ1) is 10.2. The Hall–Kier alpha value is -1.67. The van der Waals surface area contributed by atoms with Crippen molar-refractivity contribution in [3.05, 3.63) is 54.2 Å². The van der Waals surface area contributed by atoms with Gasteiger partial charge in [-0.2, -0.15) is 4.57 Å². The highest BCUT2D eigenvalue weighted by Gasteiger charge is 2.47. The molecule has 1 aromatic carbocycles. The van der Waals surface area contributed by atoms with Gasteiger partial charge in [0.15, 0.2) is 11.7 Å². The quantitative estimate of drug-likeness (QED) is 0.550. The average molecular weight is 294 g/mol. The number of thiophene rings is 1. The number of nitrogens with zero attached hydrogens (tertiary/aromatic N) is 1. The number of hydrogen-bond donors (Lipinski definition) is 0. The van der Waals surface area contributed by atoms with E-state index in [1.54, 1.807) is 5.56 Å². The molecule has 0 amide bonds. The molecular formula is C19H20NS+. The van der Waals surface area contributed by atoms with Crippen LogP contribution in [-0.4, -0.2) is 0 Å². The summed E-state index contributed by atoms with van der Waals surface area (Å²) in [5.41, 5.74) is 3.07. The number of rotatable bonds is 1. The number of aromatic nitrogens is 1. The van der Waals surface area contributed by atoms with Crippen molar-refractivity contribution < 1.29 is 4.57 Å². The van der Waals surface area contributed by atoms with Gasteiger partial charge >= 0.3 is 0 Å². The second kappa shape index (κ2) is 4.41. The molecule has 3 heterocycles. The van der Waals surface area contributed by atoms with Crippen LogP contribution in [0.2, 0.25) is 0 Å². The third-order valence-electron chi connectivity index (χ3n) is 5.36. The first-order valence-electron chi connectivity index (χ1n) is 7.70. The van der Waals surface area contributed by atoms with E-state index in [2.05, 4.69) is 74.0 Å². The highest BCUT2D eigenvalue weighted by atomic mass is 32.1. The van der Waals surface area contributed by atoms with E-state index in [0.29, 0.717) is 5.92 Å². The van der Waals surface area contributed by atoms with Crippen molar-refractivity contribution in [1.29, 1.82) is 0 Å². The normalized spacial score (nSPS) is 23.9. The molecule has 1 aliphatic rings. The second-order valence-electron chi connectivity index (χ2n) is 6.23. The fourth-order valence-electron chi connectivity index (χ4n) is 3.76. The molecule has 0 bridgehead atoms. The highest BCUT2D eigenvalue weighted by Crippen LogP contribution is 2.49. The van der Waals surface area contributed by atoms with E-state index in [9.17, 15) is 0 Å². The molecule has 0 N–H and O–H groups in total. The average Bonchev–Trinajstić information content (AvgIpc) is 2.92. The summed E-state index contributed by atoms with van der Waals surface area (Å²) in [6.07, 6.45) is 3.39. The zero-order valence-corrected chi connectivity index (χ0v) is 13.6. The number of fused-ring (bicyclic) bond motifs is 5.